The molecule has 0 spiro atoms. The first kappa shape index (κ1) is 21.4. The van der Waals surface area contributed by atoms with Crippen LogP contribution in [0.4, 0.5) is 4.39 Å². The van der Waals surface area contributed by atoms with Crippen molar-refractivity contribution >= 4 is 11.9 Å². The van der Waals surface area contributed by atoms with Gasteiger partial charge in [0.1, 0.15) is 0 Å². The van der Waals surface area contributed by atoms with Gasteiger partial charge >= 0.3 is 11.9 Å². The largest absolute Gasteiger partial charge is 0.494 e. The van der Waals surface area contributed by atoms with Gasteiger partial charge in [0, 0.05) is 6.42 Å². The minimum absolute atomic E-state index is 0.00527. The Morgan fingerprint density at radius 2 is 1.88 bits per heavy atom. The zero-order valence-electron chi connectivity index (χ0n) is 15.2. The Morgan fingerprint density at radius 3 is 2.27 bits per heavy atom. The number of hydrogen-bond donors (Lipinski definition) is 2. The third kappa shape index (κ3) is 4.31. The van der Waals surface area contributed by atoms with E-state index in [1.54, 1.807) is 13.8 Å². The minimum Gasteiger partial charge on any atom is -0.494 e. The highest BCUT2D eigenvalue weighted by Gasteiger charge is 2.46. The molecule has 0 aliphatic rings. The number of benzene rings is 1. The molecule has 0 amide bonds. The van der Waals surface area contributed by atoms with Gasteiger partial charge in [0.25, 0.3) is 0 Å². The van der Waals surface area contributed by atoms with Crippen LogP contribution < -0.4 is 4.74 Å². The van der Waals surface area contributed by atoms with Crippen molar-refractivity contribution in [2.45, 2.75) is 51.4 Å². The maximum Gasteiger partial charge on any atom is 0.309 e. The number of rotatable bonds is 10. The average molecular weight is 365 g/mol. The molecule has 1 aromatic rings. The smallest absolute Gasteiger partial charge is 0.309 e. The van der Waals surface area contributed by atoms with Crippen LogP contribution in [0, 0.1) is 22.6 Å². The maximum absolute atomic E-state index is 14.2. The van der Waals surface area contributed by atoms with E-state index in [1.807, 2.05) is 0 Å². The van der Waals surface area contributed by atoms with E-state index in [9.17, 15) is 24.3 Å². The summed E-state index contributed by atoms with van der Waals surface area (Å²) < 4.78 is 19.1. The van der Waals surface area contributed by atoms with E-state index < -0.39 is 28.6 Å². The second-order valence-electron chi connectivity index (χ2n) is 6.41. The van der Waals surface area contributed by atoms with E-state index in [0.29, 0.717) is 0 Å². The van der Waals surface area contributed by atoms with Crippen molar-refractivity contribution in [1.29, 1.82) is 5.26 Å². The van der Waals surface area contributed by atoms with Crippen molar-refractivity contribution in [2.75, 3.05) is 7.11 Å². The van der Waals surface area contributed by atoms with Crippen LogP contribution in [0.1, 0.15) is 51.5 Å². The standard InChI is InChI=1S/C19H24FNO5/c1-4-18(5-2,17(24)25)11-19(12-21,9-8-16(22)23)13-6-7-15(26-3)14(20)10-13/h6-7,10H,4-5,8-9,11H2,1-3H3,(H,22,23)(H,24,25). The van der Waals surface area contributed by atoms with Gasteiger partial charge in [-0.15, -0.1) is 0 Å². The number of carbonyl (C=O) groups is 2. The number of methoxy groups -OCH3 is 1. The van der Waals surface area contributed by atoms with Crippen molar-refractivity contribution in [2.24, 2.45) is 5.41 Å². The summed E-state index contributed by atoms with van der Waals surface area (Å²) in [7, 11) is 1.31. The highest BCUT2D eigenvalue weighted by molar-refractivity contribution is 5.75. The Kier molecular flexibility index (Phi) is 7.13. The number of nitrogens with zero attached hydrogens (tertiary/aromatic N) is 1. The van der Waals surface area contributed by atoms with Gasteiger partial charge in [-0.1, -0.05) is 19.9 Å². The SMILES string of the molecule is CCC(CC)(CC(C#N)(CCC(=O)O)c1ccc(OC)c(F)c1)C(=O)O. The molecule has 2 N–H and O–H groups in total. The summed E-state index contributed by atoms with van der Waals surface area (Å²) in [6.45, 7) is 3.43. The molecule has 0 fully saturated rings. The Labute approximate surface area is 152 Å². The molecular weight excluding hydrogens is 341 g/mol. The van der Waals surface area contributed by atoms with E-state index in [0.717, 1.165) is 6.07 Å². The highest BCUT2D eigenvalue weighted by Crippen LogP contribution is 2.45. The number of carboxylic acid groups (broad SMARTS) is 2. The zero-order chi connectivity index (χ0) is 20.0. The lowest BCUT2D eigenvalue weighted by molar-refractivity contribution is -0.150. The molecule has 0 aliphatic carbocycles. The molecule has 142 valence electrons. The molecule has 0 aromatic heterocycles. The Balaban J connectivity index is 3.52. The predicted molar refractivity (Wildman–Crippen MR) is 92.4 cm³/mol. The lowest BCUT2D eigenvalue weighted by Crippen LogP contribution is -2.39. The van der Waals surface area contributed by atoms with E-state index in [-0.39, 0.29) is 43.4 Å². The lowest BCUT2D eigenvalue weighted by atomic mass is 9.64. The van der Waals surface area contributed by atoms with Crippen LogP contribution in [-0.4, -0.2) is 29.3 Å². The molecule has 6 nitrogen and oxygen atoms in total. The van der Waals surface area contributed by atoms with Crippen LogP contribution in [0.2, 0.25) is 0 Å². The predicted octanol–water partition coefficient (Wildman–Crippen LogP) is 3.74. The molecule has 1 unspecified atom stereocenters. The summed E-state index contributed by atoms with van der Waals surface area (Å²) in [6.07, 6.45) is 0.00376. The average Bonchev–Trinajstić information content (AvgIpc) is 2.62. The number of halogens is 1. The summed E-state index contributed by atoms with van der Waals surface area (Å²) in [5.74, 6) is -2.85. The normalized spacial score (nSPS) is 13.5. The fraction of sp³-hybridized carbons (Fsp3) is 0.526. The van der Waals surface area contributed by atoms with Crippen molar-refractivity contribution in [1.82, 2.24) is 0 Å². The fourth-order valence-electron chi connectivity index (χ4n) is 3.23. The molecule has 26 heavy (non-hydrogen) atoms. The van der Waals surface area contributed by atoms with Gasteiger partial charge in [0.15, 0.2) is 11.6 Å². The first-order chi connectivity index (χ1) is 12.2. The lowest BCUT2D eigenvalue weighted by Gasteiger charge is -2.36. The first-order valence-corrected chi connectivity index (χ1v) is 8.40. The Hall–Kier alpha value is -2.62. The van der Waals surface area contributed by atoms with Gasteiger partial charge in [0.2, 0.25) is 0 Å². The summed E-state index contributed by atoms with van der Waals surface area (Å²) in [4.78, 5) is 23.0. The van der Waals surface area contributed by atoms with Crippen molar-refractivity contribution < 1.29 is 28.9 Å². The fourth-order valence-corrected chi connectivity index (χ4v) is 3.23. The summed E-state index contributed by atoms with van der Waals surface area (Å²) in [6, 6.07) is 6.07. The highest BCUT2D eigenvalue weighted by atomic mass is 19.1. The zero-order valence-corrected chi connectivity index (χ0v) is 15.2. The molecule has 1 atom stereocenters. The molecule has 7 heteroatoms. The van der Waals surface area contributed by atoms with Crippen LogP contribution in [0.25, 0.3) is 0 Å². The van der Waals surface area contributed by atoms with Crippen LogP contribution >= 0.6 is 0 Å². The summed E-state index contributed by atoms with van der Waals surface area (Å²) >= 11 is 0. The van der Waals surface area contributed by atoms with Crippen LogP contribution in [0.15, 0.2) is 18.2 Å². The van der Waals surface area contributed by atoms with Gasteiger partial charge in [-0.2, -0.15) is 5.26 Å². The van der Waals surface area contributed by atoms with Crippen LogP contribution in [0.3, 0.4) is 0 Å². The van der Waals surface area contributed by atoms with Crippen molar-refractivity contribution in [3.63, 3.8) is 0 Å². The third-order valence-electron chi connectivity index (χ3n) is 5.13. The van der Waals surface area contributed by atoms with Crippen molar-refractivity contribution in [3.05, 3.63) is 29.6 Å². The molecule has 0 radical (unpaired) electrons. The molecule has 1 aromatic carbocycles. The first-order valence-electron chi connectivity index (χ1n) is 8.40. The minimum atomic E-state index is -1.43. The molecule has 0 bridgehead atoms. The monoisotopic (exact) mass is 365 g/mol. The molecule has 1 rings (SSSR count). The van der Waals surface area contributed by atoms with Gasteiger partial charge in [-0.25, -0.2) is 4.39 Å². The van der Waals surface area contributed by atoms with Gasteiger partial charge in [-0.3, -0.25) is 9.59 Å². The molecule has 0 saturated carbocycles. The van der Waals surface area contributed by atoms with Crippen molar-refractivity contribution in [3.8, 4) is 11.8 Å². The molecule has 0 heterocycles. The quantitative estimate of drug-likeness (QED) is 0.654. The summed E-state index contributed by atoms with van der Waals surface area (Å²) in [5.41, 5.74) is -2.38. The summed E-state index contributed by atoms with van der Waals surface area (Å²) in [5, 5.41) is 28.7. The molecular formula is C19H24FNO5. The Morgan fingerprint density at radius 1 is 1.27 bits per heavy atom. The number of nitriles is 1. The second kappa shape index (κ2) is 8.65. The topological polar surface area (TPSA) is 108 Å². The van der Waals surface area contributed by atoms with Gasteiger partial charge < -0.3 is 14.9 Å². The number of aliphatic carboxylic acids is 2. The maximum atomic E-state index is 14.2. The van der Waals surface area contributed by atoms with E-state index in [1.165, 1.54) is 19.2 Å². The van der Waals surface area contributed by atoms with Gasteiger partial charge in [-0.05, 0) is 43.4 Å². The number of ether oxygens (including phenoxy) is 1. The number of hydrogen-bond acceptors (Lipinski definition) is 4. The molecule has 0 aliphatic heterocycles. The van der Waals surface area contributed by atoms with E-state index in [2.05, 4.69) is 6.07 Å². The third-order valence-corrected chi connectivity index (χ3v) is 5.13. The van der Waals surface area contributed by atoms with E-state index in [4.69, 9.17) is 9.84 Å². The second-order valence-corrected chi connectivity index (χ2v) is 6.41. The van der Waals surface area contributed by atoms with Crippen LogP contribution in [-0.2, 0) is 15.0 Å². The number of carboxylic acids is 2. The van der Waals surface area contributed by atoms with E-state index >= 15 is 0 Å². The Bertz CT molecular complexity index is 708. The van der Waals surface area contributed by atoms with Gasteiger partial charge in [0.05, 0.1) is 24.0 Å². The molecule has 0 saturated heterocycles. The van der Waals surface area contributed by atoms with Crippen LogP contribution in [0.5, 0.6) is 5.75 Å².